The van der Waals surface area contributed by atoms with E-state index in [-0.39, 0.29) is 36.3 Å². The van der Waals surface area contributed by atoms with Crippen molar-refractivity contribution in [1.29, 1.82) is 0 Å². The summed E-state index contributed by atoms with van der Waals surface area (Å²) in [6.45, 7) is 5.53. The average molecular weight is 400 g/mol. The van der Waals surface area contributed by atoms with Gasteiger partial charge in [0.1, 0.15) is 11.9 Å². The normalized spacial score (nSPS) is 30.6. The predicted octanol–water partition coefficient (Wildman–Crippen LogP) is 3.32. The standard InChI is InChI=1S/C19H27F3N4O2/c1-11(2)13-8-16(19(20,21)22)26-17(23-13)9-14(24-26)12-5-6-25(10-12)18(27)15-4-3-7-28-15/h9,11-13,15-16,23H,3-8,10H2,1-2H3/t12?,13-,15?,16+/m0/s1. The van der Waals surface area contributed by atoms with Crippen LogP contribution in [0.2, 0.25) is 0 Å². The highest BCUT2D eigenvalue weighted by Gasteiger charge is 2.47. The van der Waals surface area contributed by atoms with Gasteiger partial charge in [0, 0.05) is 37.7 Å². The zero-order valence-corrected chi connectivity index (χ0v) is 16.2. The van der Waals surface area contributed by atoms with Crippen molar-refractivity contribution in [2.24, 2.45) is 5.92 Å². The first-order valence-corrected chi connectivity index (χ1v) is 10.1. The smallest absolute Gasteiger partial charge is 0.368 e. The Bertz CT molecular complexity index is 727. The van der Waals surface area contributed by atoms with Crippen LogP contribution in [0.5, 0.6) is 0 Å². The molecule has 0 aromatic carbocycles. The van der Waals surface area contributed by atoms with Crippen LogP contribution >= 0.6 is 0 Å². The third kappa shape index (κ3) is 3.60. The highest BCUT2D eigenvalue weighted by atomic mass is 19.4. The molecule has 0 aliphatic carbocycles. The van der Waals surface area contributed by atoms with Crippen LogP contribution in [0.1, 0.15) is 57.2 Å². The summed E-state index contributed by atoms with van der Waals surface area (Å²) in [7, 11) is 0. The summed E-state index contributed by atoms with van der Waals surface area (Å²) >= 11 is 0. The van der Waals surface area contributed by atoms with Crippen LogP contribution in [0.3, 0.4) is 0 Å². The van der Waals surface area contributed by atoms with Crippen LogP contribution in [0.4, 0.5) is 19.0 Å². The maximum absolute atomic E-state index is 13.6. The minimum absolute atomic E-state index is 0.00450. The molecule has 4 heterocycles. The second kappa shape index (κ2) is 7.24. The summed E-state index contributed by atoms with van der Waals surface area (Å²) in [6.07, 6.45) is -2.39. The quantitative estimate of drug-likeness (QED) is 0.846. The molecule has 28 heavy (non-hydrogen) atoms. The lowest BCUT2D eigenvalue weighted by atomic mass is 9.94. The lowest BCUT2D eigenvalue weighted by molar-refractivity contribution is -0.174. The summed E-state index contributed by atoms with van der Waals surface area (Å²) in [6, 6.07) is -0.126. The fraction of sp³-hybridized carbons (Fsp3) is 0.789. The van der Waals surface area contributed by atoms with Crippen molar-refractivity contribution in [1.82, 2.24) is 14.7 Å². The van der Waals surface area contributed by atoms with E-state index in [0.29, 0.717) is 37.6 Å². The second-order valence-corrected chi connectivity index (χ2v) is 8.46. The van der Waals surface area contributed by atoms with Crippen molar-refractivity contribution in [2.75, 3.05) is 25.0 Å². The number of hydrogen-bond acceptors (Lipinski definition) is 4. The van der Waals surface area contributed by atoms with Crippen LogP contribution < -0.4 is 5.32 Å². The molecule has 1 N–H and O–H groups in total. The fourth-order valence-corrected chi connectivity index (χ4v) is 4.44. The Morgan fingerprint density at radius 1 is 1.36 bits per heavy atom. The number of alkyl halides is 3. The van der Waals surface area contributed by atoms with E-state index >= 15 is 0 Å². The van der Waals surface area contributed by atoms with Crippen LogP contribution in [-0.4, -0.2) is 58.6 Å². The van der Waals surface area contributed by atoms with E-state index < -0.39 is 12.2 Å². The minimum atomic E-state index is -4.34. The molecule has 1 aromatic rings. The molecule has 156 valence electrons. The molecule has 3 aliphatic rings. The number of anilines is 1. The average Bonchev–Trinajstić information content (AvgIpc) is 3.38. The van der Waals surface area contributed by atoms with Gasteiger partial charge in [0.15, 0.2) is 6.04 Å². The highest BCUT2D eigenvalue weighted by molar-refractivity contribution is 5.81. The van der Waals surface area contributed by atoms with Gasteiger partial charge < -0.3 is 15.0 Å². The molecule has 6 nitrogen and oxygen atoms in total. The summed E-state index contributed by atoms with van der Waals surface area (Å²) in [4.78, 5) is 14.3. The zero-order chi connectivity index (χ0) is 20.1. The van der Waals surface area contributed by atoms with Gasteiger partial charge in [-0.2, -0.15) is 18.3 Å². The molecule has 2 unspecified atom stereocenters. The van der Waals surface area contributed by atoms with E-state index in [0.717, 1.165) is 17.5 Å². The largest absolute Gasteiger partial charge is 0.410 e. The first-order valence-electron chi connectivity index (χ1n) is 10.1. The highest BCUT2D eigenvalue weighted by Crippen LogP contribution is 2.42. The van der Waals surface area contributed by atoms with Crippen molar-refractivity contribution in [3.05, 3.63) is 11.8 Å². The van der Waals surface area contributed by atoms with E-state index in [9.17, 15) is 18.0 Å². The van der Waals surface area contributed by atoms with Gasteiger partial charge in [-0.15, -0.1) is 0 Å². The van der Waals surface area contributed by atoms with Gasteiger partial charge in [-0.1, -0.05) is 13.8 Å². The SMILES string of the molecule is CC(C)[C@@H]1C[C@H](C(F)(F)F)n2nc(C3CCN(C(=O)C4CCCO4)C3)cc2N1. The number of nitrogens with zero attached hydrogens (tertiary/aromatic N) is 3. The third-order valence-corrected chi connectivity index (χ3v) is 6.17. The Morgan fingerprint density at radius 2 is 2.14 bits per heavy atom. The Morgan fingerprint density at radius 3 is 2.79 bits per heavy atom. The van der Waals surface area contributed by atoms with Crippen molar-refractivity contribution in [2.45, 2.75) is 69.8 Å². The van der Waals surface area contributed by atoms with Crippen LogP contribution in [0, 0.1) is 5.92 Å². The van der Waals surface area contributed by atoms with Gasteiger partial charge in [-0.3, -0.25) is 4.79 Å². The Balaban J connectivity index is 1.52. The number of likely N-dealkylation sites (tertiary alicyclic amines) is 1. The lowest BCUT2D eigenvalue weighted by Crippen LogP contribution is -2.41. The number of ether oxygens (including phenoxy) is 1. The van der Waals surface area contributed by atoms with E-state index in [2.05, 4.69) is 10.4 Å². The first-order chi connectivity index (χ1) is 13.2. The molecule has 2 fully saturated rings. The van der Waals surface area contributed by atoms with Gasteiger partial charge >= 0.3 is 6.18 Å². The number of nitrogens with one attached hydrogen (secondary N) is 1. The van der Waals surface area contributed by atoms with E-state index in [1.54, 1.807) is 11.0 Å². The van der Waals surface area contributed by atoms with Gasteiger partial charge in [-0.25, -0.2) is 4.68 Å². The predicted molar refractivity (Wildman–Crippen MR) is 97.1 cm³/mol. The fourth-order valence-electron chi connectivity index (χ4n) is 4.44. The number of carbonyl (C=O) groups excluding carboxylic acids is 1. The van der Waals surface area contributed by atoms with Crippen LogP contribution in [0.25, 0.3) is 0 Å². The number of halogens is 3. The van der Waals surface area contributed by atoms with E-state index in [1.165, 1.54) is 0 Å². The molecule has 3 aliphatic heterocycles. The molecular formula is C19H27F3N4O2. The molecule has 1 aromatic heterocycles. The maximum Gasteiger partial charge on any atom is 0.410 e. The number of fused-ring (bicyclic) bond motifs is 1. The van der Waals surface area contributed by atoms with Crippen molar-refractivity contribution < 1.29 is 22.7 Å². The number of hydrogen-bond donors (Lipinski definition) is 1. The summed E-state index contributed by atoms with van der Waals surface area (Å²) in [5.74, 6) is 0.459. The van der Waals surface area contributed by atoms with Gasteiger partial charge in [0.2, 0.25) is 0 Å². The maximum atomic E-state index is 13.6. The minimum Gasteiger partial charge on any atom is -0.368 e. The van der Waals surface area contributed by atoms with Gasteiger partial charge in [0.25, 0.3) is 5.91 Å². The topological polar surface area (TPSA) is 59.4 Å². The molecule has 4 rings (SSSR count). The molecule has 4 atom stereocenters. The molecule has 0 bridgehead atoms. The first kappa shape index (κ1) is 19.5. The zero-order valence-electron chi connectivity index (χ0n) is 16.2. The number of amides is 1. The van der Waals surface area contributed by atoms with Crippen molar-refractivity contribution in [3.8, 4) is 0 Å². The van der Waals surface area contributed by atoms with E-state index in [1.807, 2.05) is 13.8 Å². The lowest BCUT2D eigenvalue weighted by Gasteiger charge is -2.35. The van der Waals surface area contributed by atoms with Crippen LogP contribution in [0.15, 0.2) is 6.07 Å². The Labute approximate surface area is 162 Å². The molecule has 9 heteroatoms. The third-order valence-electron chi connectivity index (χ3n) is 6.17. The number of carbonyl (C=O) groups is 1. The Hall–Kier alpha value is -1.77. The second-order valence-electron chi connectivity index (χ2n) is 8.46. The molecular weight excluding hydrogens is 373 g/mol. The molecule has 2 saturated heterocycles. The Kier molecular flexibility index (Phi) is 5.05. The molecule has 0 spiro atoms. The molecule has 1 amide bonds. The summed E-state index contributed by atoms with van der Waals surface area (Å²) in [5.41, 5.74) is 0.629. The number of aromatic nitrogens is 2. The van der Waals surface area contributed by atoms with E-state index in [4.69, 9.17) is 4.74 Å². The van der Waals surface area contributed by atoms with Crippen molar-refractivity contribution in [3.63, 3.8) is 0 Å². The summed E-state index contributed by atoms with van der Waals surface area (Å²) < 4.78 is 47.5. The summed E-state index contributed by atoms with van der Waals surface area (Å²) in [5, 5.41) is 7.55. The molecule has 0 saturated carbocycles. The van der Waals surface area contributed by atoms with Gasteiger partial charge in [-0.05, 0) is 31.6 Å². The van der Waals surface area contributed by atoms with Crippen molar-refractivity contribution >= 4 is 11.7 Å². The van der Waals surface area contributed by atoms with Crippen LogP contribution in [-0.2, 0) is 9.53 Å². The van der Waals surface area contributed by atoms with Gasteiger partial charge in [0.05, 0.1) is 5.69 Å². The number of rotatable bonds is 3. The molecule has 0 radical (unpaired) electrons. The monoisotopic (exact) mass is 400 g/mol.